The smallest absolute Gasteiger partial charge is 0.387 e. The number of rotatable bonds is 4. The Morgan fingerprint density at radius 3 is 2.43 bits per heavy atom. The van der Waals surface area contributed by atoms with Crippen LogP contribution in [-0.2, 0) is 0 Å². The molecule has 2 aromatic carbocycles. The summed E-state index contributed by atoms with van der Waals surface area (Å²) in [5.74, 6) is -3.72. The summed E-state index contributed by atoms with van der Waals surface area (Å²) in [6.45, 7) is -3.16. The van der Waals surface area contributed by atoms with E-state index in [4.69, 9.17) is 0 Å². The second-order valence-electron chi connectivity index (χ2n) is 3.92. The van der Waals surface area contributed by atoms with Gasteiger partial charge in [0, 0.05) is 0 Å². The molecule has 0 heterocycles. The minimum Gasteiger partial charge on any atom is -0.434 e. The molecule has 2 nitrogen and oxygen atoms in total. The lowest BCUT2D eigenvalue weighted by Crippen LogP contribution is -2.12. The molecule has 2 rings (SSSR count). The molecule has 0 fully saturated rings. The summed E-state index contributed by atoms with van der Waals surface area (Å²) >= 11 is 2.83. The number of benzene rings is 2. The van der Waals surface area contributed by atoms with E-state index in [0.717, 1.165) is 24.3 Å². The van der Waals surface area contributed by atoms with E-state index in [9.17, 15) is 22.4 Å². The molecule has 0 aliphatic carbocycles. The number of carbonyl (C=O) groups is 1. The molecule has 21 heavy (non-hydrogen) atoms. The third-order valence-corrected chi connectivity index (χ3v) is 3.23. The zero-order valence-electron chi connectivity index (χ0n) is 10.2. The van der Waals surface area contributed by atoms with E-state index in [1.807, 2.05) is 0 Å². The molecule has 0 unspecified atom stereocenters. The lowest BCUT2D eigenvalue weighted by atomic mass is 10.0. The van der Waals surface area contributed by atoms with Crippen molar-refractivity contribution in [2.45, 2.75) is 6.61 Å². The van der Waals surface area contributed by atoms with Crippen LogP contribution in [0.25, 0.3) is 0 Å². The van der Waals surface area contributed by atoms with Gasteiger partial charge in [0.1, 0.15) is 11.6 Å². The van der Waals surface area contributed by atoms with Gasteiger partial charge in [-0.25, -0.2) is 8.78 Å². The van der Waals surface area contributed by atoms with Gasteiger partial charge in [0.2, 0.25) is 5.78 Å². The number of hydrogen-bond donors (Lipinski definition) is 0. The Labute approximate surface area is 125 Å². The summed E-state index contributed by atoms with van der Waals surface area (Å²) in [6.07, 6.45) is 0. The van der Waals surface area contributed by atoms with Crippen molar-refractivity contribution < 1.29 is 27.1 Å². The Bertz CT molecular complexity index is 689. The average molecular weight is 363 g/mol. The molecule has 0 spiro atoms. The molecule has 0 saturated heterocycles. The quantitative estimate of drug-likeness (QED) is 0.452. The van der Waals surface area contributed by atoms with Crippen molar-refractivity contribution in [3.8, 4) is 5.75 Å². The highest BCUT2D eigenvalue weighted by Crippen LogP contribution is 2.28. The van der Waals surface area contributed by atoms with Gasteiger partial charge in [-0.05, 0) is 40.2 Å². The number of ketones is 1. The predicted molar refractivity (Wildman–Crippen MR) is 70.6 cm³/mol. The summed E-state index contributed by atoms with van der Waals surface area (Å²) < 4.78 is 56.3. The summed E-state index contributed by atoms with van der Waals surface area (Å²) in [4.78, 5) is 12.2. The van der Waals surface area contributed by atoms with Gasteiger partial charge in [-0.2, -0.15) is 8.78 Å². The molecule has 0 saturated carbocycles. The Morgan fingerprint density at radius 2 is 1.76 bits per heavy atom. The zero-order valence-corrected chi connectivity index (χ0v) is 11.8. The second-order valence-corrected chi connectivity index (χ2v) is 4.78. The van der Waals surface area contributed by atoms with Gasteiger partial charge >= 0.3 is 6.61 Å². The average Bonchev–Trinajstić information content (AvgIpc) is 2.43. The van der Waals surface area contributed by atoms with Crippen molar-refractivity contribution >= 4 is 21.7 Å². The van der Waals surface area contributed by atoms with Crippen molar-refractivity contribution in [1.82, 2.24) is 0 Å². The Hall–Kier alpha value is -1.89. The Morgan fingerprint density at radius 1 is 1.10 bits per heavy atom. The van der Waals surface area contributed by atoms with Crippen LogP contribution in [0.4, 0.5) is 17.6 Å². The number of alkyl halides is 2. The van der Waals surface area contributed by atoms with E-state index < -0.39 is 35.3 Å². The third kappa shape index (κ3) is 3.24. The summed E-state index contributed by atoms with van der Waals surface area (Å²) in [6, 6.07) is 7.01. The largest absolute Gasteiger partial charge is 0.434 e. The molecule has 0 atom stereocenters. The van der Waals surface area contributed by atoms with Crippen LogP contribution in [-0.4, -0.2) is 12.4 Å². The molecule has 0 N–H and O–H groups in total. The number of para-hydroxylation sites is 1. The minimum atomic E-state index is -3.16. The van der Waals surface area contributed by atoms with Crippen molar-refractivity contribution in [2.75, 3.05) is 0 Å². The molecule has 7 heteroatoms. The molecule has 0 aliphatic heterocycles. The van der Waals surface area contributed by atoms with Crippen LogP contribution in [0.3, 0.4) is 0 Å². The maximum atomic E-state index is 13.9. The summed E-state index contributed by atoms with van der Waals surface area (Å²) in [5, 5.41) is 0. The van der Waals surface area contributed by atoms with Crippen molar-refractivity contribution in [1.29, 1.82) is 0 Å². The van der Waals surface area contributed by atoms with Gasteiger partial charge in [0.25, 0.3) is 0 Å². The normalized spacial score (nSPS) is 10.8. The first-order valence-corrected chi connectivity index (χ1v) is 6.43. The van der Waals surface area contributed by atoms with Gasteiger partial charge in [-0.3, -0.25) is 4.79 Å². The van der Waals surface area contributed by atoms with Crippen LogP contribution in [0.15, 0.2) is 40.9 Å². The number of halogens is 5. The maximum Gasteiger partial charge on any atom is 0.387 e. The lowest BCUT2D eigenvalue weighted by Gasteiger charge is -2.11. The SMILES string of the molecule is O=C(c1ccccc1OC(F)F)c1c(F)ccc(Br)c1F. The van der Waals surface area contributed by atoms with E-state index in [2.05, 4.69) is 20.7 Å². The summed E-state index contributed by atoms with van der Waals surface area (Å²) in [5.41, 5.74) is -1.19. The monoisotopic (exact) mass is 362 g/mol. The Balaban J connectivity index is 2.54. The maximum absolute atomic E-state index is 13.9. The van der Waals surface area contributed by atoms with E-state index >= 15 is 0 Å². The van der Waals surface area contributed by atoms with E-state index in [-0.39, 0.29) is 10.0 Å². The Kier molecular flexibility index (Phi) is 4.62. The van der Waals surface area contributed by atoms with Crippen LogP contribution in [0.1, 0.15) is 15.9 Å². The van der Waals surface area contributed by atoms with Gasteiger partial charge < -0.3 is 4.74 Å². The van der Waals surface area contributed by atoms with E-state index in [1.54, 1.807) is 0 Å². The molecule has 0 radical (unpaired) electrons. The van der Waals surface area contributed by atoms with Gasteiger partial charge in [-0.15, -0.1) is 0 Å². The number of carbonyl (C=O) groups excluding carboxylic acids is 1. The molecular formula is C14H7BrF4O2. The first kappa shape index (κ1) is 15.5. The molecule has 0 aromatic heterocycles. The van der Waals surface area contributed by atoms with Crippen molar-refractivity contribution in [2.24, 2.45) is 0 Å². The fraction of sp³-hybridized carbons (Fsp3) is 0.0714. The second kappa shape index (κ2) is 6.26. The van der Waals surface area contributed by atoms with Crippen LogP contribution in [0.5, 0.6) is 5.75 Å². The van der Waals surface area contributed by atoms with E-state index in [1.165, 1.54) is 12.1 Å². The predicted octanol–water partition coefficient (Wildman–Crippen LogP) is 4.56. The zero-order chi connectivity index (χ0) is 15.6. The molecule has 2 aromatic rings. The van der Waals surface area contributed by atoms with E-state index in [0.29, 0.717) is 0 Å². The first-order valence-electron chi connectivity index (χ1n) is 5.64. The first-order chi connectivity index (χ1) is 9.91. The fourth-order valence-electron chi connectivity index (χ4n) is 1.72. The van der Waals surface area contributed by atoms with Crippen molar-refractivity contribution in [3.05, 3.63) is 63.6 Å². The number of ether oxygens (including phenoxy) is 1. The molecular weight excluding hydrogens is 356 g/mol. The van der Waals surface area contributed by atoms with Gasteiger partial charge in [0.15, 0.2) is 5.82 Å². The highest BCUT2D eigenvalue weighted by atomic mass is 79.9. The minimum absolute atomic E-state index is 0.112. The van der Waals surface area contributed by atoms with Crippen LogP contribution >= 0.6 is 15.9 Å². The third-order valence-electron chi connectivity index (χ3n) is 2.62. The fourth-order valence-corrected chi connectivity index (χ4v) is 2.05. The highest BCUT2D eigenvalue weighted by Gasteiger charge is 2.24. The summed E-state index contributed by atoms with van der Waals surface area (Å²) in [7, 11) is 0. The van der Waals surface area contributed by atoms with Gasteiger partial charge in [0.05, 0.1) is 15.6 Å². The highest BCUT2D eigenvalue weighted by molar-refractivity contribution is 9.10. The topological polar surface area (TPSA) is 26.3 Å². The standard InChI is InChI=1S/C14H7BrF4O2/c15-8-5-6-9(16)11(12(8)17)13(20)7-3-1-2-4-10(7)21-14(18)19/h1-6,14H. The molecule has 0 aliphatic rings. The van der Waals surface area contributed by atoms with Crippen LogP contribution in [0, 0.1) is 11.6 Å². The van der Waals surface area contributed by atoms with Crippen LogP contribution in [0.2, 0.25) is 0 Å². The van der Waals surface area contributed by atoms with Gasteiger partial charge in [-0.1, -0.05) is 12.1 Å². The molecule has 0 bridgehead atoms. The number of hydrogen-bond acceptors (Lipinski definition) is 2. The molecule has 110 valence electrons. The molecule has 0 amide bonds. The lowest BCUT2D eigenvalue weighted by molar-refractivity contribution is -0.0501. The van der Waals surface area contributed by atoms with Crippen LogP contribution < -0.4 is 4.74 Å². The van der Waals surface area contributed by atoms with Crippen molar-refractivity contribution in [3.63, 3.8) is 0 Å².